The summed E-state index contributed by atoms with van der Waals surface area (Å²) in [6.07, 6.45) is 4.57. The van der Waals surface area contributed by atoms with Gasteiger partial charge in [-0.2, -0.15) is 0 Å². The van der Waals surface area contributed by atoms with Gasteiger partial charge in [0.05, 0.1) is 18.4 Å². The number of para-hydroxylation sites is 1. The van der Waals surface area contributed by atoms with Gasteiger partial charge >= 0.3 is 0 Å². The van der Waals surface area contributed by atoms with Gasteiger partial charge in [-0.3, -0.25) is 4.79 Å². The average Bonchev–Trinajstić information content (AvgIpc) is 3.15. The molecule has 5 nitrogen and oxygen atoms in total. The zero-order valence-electron chi connectivity index (χ0n) is 17.9. The third-order valence-electron chi connectivity index (χ3n) is 7.11. The van der Waals surface area contributed by atoms with Crippen LogP contribution in [0.5, 0.6) is 5.75 Å². The maximum absolute atomic E-state index is 13.6. The fourth-order valence-corrected chi connectivity index (χ4v) is 5.52. The minimum absolute atomic E-state index is 0.0265. The number of piperidine rings is 1. The van der Waals surface area contributed by atoms with Gasteiger partial charge in [-0.1, -0.05) is 30.3 Å². The number of aromatic nitrogens is 1. The first-order chi connectivity index (χ1) is 14.6. The zero-order valence-corrected chi connectivity index (χ0v) is 17.9. The molecule has 5 heteroatoms. The van der Waals surface area contributed by atoms with Crippen molar-refractivity contribution in [3.8, 4) is 17.0 Å². The predicted molar refractivity (Wildman–Crippen MR) is 120 cm³/mol. The van der Waals surface area contributed by atoms with Crippen molar-refractivity contribution in [1.82, 2.24) is 14.8 Å². The normalized spacial score (nSPS) is 23.6. The molecule has 2 atom stereocenters. The highest BCUT2D eigenvalue weighted by Crippen LogP contribution is 2.37. The number of amides is 1. The lowest BCUT2D eigenvalue weighted by Crippen LogP contribution is -2.48. The van der Waals surface area contributed by atoms with Crippen molar-refractivity contribution in [2.45, 2.75) is 43.8 Å². The quantitative estimate of drug-likeness (QED) is 0.710. The van der Waals surface area contributed by atoms with Crippen LogP contribution >= 0.6 is 0 Å². The second-order valence-corrected chi connectivity index (χ2v) is 8.72. The smallest absolute Gasteiger partial charge is 0.254 e. The van der Waals surface area contributed by atoms with Gasteiger partial charge in [0.1, 0.15) is 5.75 Å². The molecule has 3 aromatic rings. The molecule has 2 aliphatic rings. The summed E-state index contributed by atoms with van der Waals surface area (Å²) in [6.45, 7) is 0. The first kappa shape index (κ1) is 19.2. The number of fused-ring (bicyclic) bond motifs is 3. The van der Waals surface area contributed by atoms with E-state index in [0.717, 1.165) is 46.3 Å². The van der Waals surface area contributed by atoms with Gasteiger partial charge in [0.15, 0.2) is 0 Å². The van der Waals surface area contributed by atoms with E-state index in [9.17, 15) is 4.79 Å². The second-order valence-electron chi connectivity index (χ2n) is 8.72. The lowest BCUT2D eigenvalue weighted by atomic mass is 9.97. The molecule has 30 heavy (non-hydrogen) atoms. The summed E-state index contributed by atoms with van der Waals surface area (Å²) in [5.74, 6) is 0.814. The third kappa shape index (κ3) is 3.08. The summed E-state index contributed by atoms with van der Waals surface area (Å²) in [5, 5.41) is 4.38. The molecule has 2 aliphatic heterocycles. The molecule has 5 rings (SSSR count). The van der Waals surface area contributed by atoms with E-state index in [2.05, 4.69) is 27.9 Å². The number of hydrogen-bond donors (Lipinski definition) is 1. The average molecular weight is 404 g/mol. The predicted octanol–water partition coefficient (Wildman–Crippen LogP) is 4.21. The Morgan fingerprint density at radius 3 is 2.50 bits per heavy atom. The minimum atomic E-state index is 0.0265. The standard InChI is InChI=1S/C25H29N3O2/c1-27-18-11-12-19(27)15-17(14-18)26-25(29)23-21-9-4-5-10-22(21)28(2)24(23)16-7-6-8-20(13-16)30-3/h4-10,13,17-19H,11-12,14-15H2,1-3H3,(H,26,29). The number of rotatable bonds is 4. The summed E-state index contributed by atoms with van der Waals surface area (Å²) in [4.78, 5) is 16.1. The van der Waals surface area contributed by atoms with Crippen LogP contribution in [0.1, 0.15) is 36.0 Å². The van der Waals surface area contributed by atoms with Gasteiger partial charge in [-0.05, 0) is 50.9 Å². The van der Waals surface area contributed by atoms with Crippen LogP contribution in [0.15, 0.2) is 48.5 Å². The molecular formula is C25H29N3O2. The SMILES string of the molecule is COc1cccc(-c2c(C(=O)NC3CC4CCC(C3)N4C)c3ccccc3n2C)c1. The van der Waals surface area contributed by atoms with Gasteiger partial charge in [0.25, 0.3) is 5.91 Å². The van der Waals surface area contributed by atoms with Crippen LogP contribution in [0.3, 0.4) is 0 Å². The number of benzene rings is 2. The maximum Gasteiger partial charge on any atom is 0.254 e. The maximum atomic E-state index is 13.6. The van der Waals surface area contributed by atoms with E-state index in [4.69, 9.17) is 4.74 Å². The Morgan fingerprint density at radius 2 is 1.77 bits per heavy atom. The van der Waals surface area contributed by atoms with Gasteiger partial charge in [-0.25, -0.2) is 0 Å². The van der Waals surface area contributed by atoms with E-state index < -0.39 is 0 Å². The van der Waals surface area contributed by atoms with Crippen LogP contribution < -0.4 is 10.1 Å². The second kappa shape index (κ2) is 7.47. The van der Waals surface area contributed by atoms with Crippen LogP contribution in [-0.2, 0) is 7.05 Å². The summed E-state index contributed by atoms with van der Waals surface area (Å²) in [6, 6.07) is 17.5. The minimum Gasteiger partial charge on any atom is -0.497 e. The molecular weight excluding hydrogens is 374 g/mol. The molecule has 0 spiro atoms. The van der Waals surface area contributed by atoms with Crippen molar-refractivity contribution >= 4 is 16.8 Å². The van der Waals surface area contributed by atoms with Crippen molar-refractivity contribution in [1.29, 1.82) is 0 Å². The van der Waals surface area contributed by atoms with E-state index in [1.54, 1.807) is 7.11 Å². The summed E-state index contributed by atoms with van der Waals surface area (Å²) >= 11 is 0. The van der Waals surface area contributed by atoms with Crippen molar-refractivity contribution in [2.75, 3.05) is 14.2 Å². The van der Waals surface area contributed by atoms with E-state index in [0.29, 0.717) is 12.1 Å². The van der Waals surface area contributed by atoms with E-state index in [1.165, 1.54) is 12.8 Å². The molecule has 2 bridgehead atoms. The zero-order chi connectivity index (χ0) is 20.8. The van der Waals surface area contributed by atoms with Gasteiger partial charge in [0.2, 0.25) is 0 Å². The molecule has 2 fully saturated rings. The molecule has 0 saturated carbocycles. The van der Waals surface area contributed by atoms with Crippen molar-refractivity contribution < 1.29 is 9.53 Å². The summed E-state index contributed by atoms with van der Waals surface area (Å²) in [5.41, 5.74) is 3.74. The van der Waals surface area contributed by atoms with Crippen LogP contribution in [-0.4, -0.2) is 47.7 Å². The molecule has 3 heterocycles. The molecule has 0 radical (unpaired) electrons. The Balaban J connectivity index is 1.55. The number of hydrogen-bond acceptors (Lipinski definition) is 3. The van der Waals surface area contributed by atoms with Crippen molar-refractivity contribution in [2.24, 2.45) is 7.05 Å². The Bertz CT molecular complexity index is 1090. The summed E-state index contributed by atoms with van der Waals surface area (Å²) in [7, 11) is 5.93. The number of methoxy groups -OCH3 is 1. The van der Waals surface area contributed by atoms with E-state index in [1.807, 2.05) is 49.5 Å². The molecule has 2 saturated heterocycles. The monoisotopic (exact) mass is 403 g/mol. The van der Waals surface area contributed by atoms with Gasteiger partial charge in [-0.15, -0.1) is 0 Å². The Hall–Kier alpha value is -2.79. The number of aryl methyl sites for hydroxylation is 1. The molecule has 2 aromatic carbocycles. The Morgan fingerprint density at radius 1 is 1.03 bits per heavy atom. The van der Waals surface area contributed by atoms with Crippen LogP contribution in [0.25, 0.3) is 22.2 Å². The van der Waals surface area contributed by atoms with Crippen molar-refractivity contribution in [3.05, 3.63) is 54.1 Å². The number of carbonyl (C=O) groups excluding carboxylic acids is 1. The van der Waals surface area contributed by atoms with Crippen molar-refractivity contribution in [3.63, 3.8) is 0 Å². The first-order valence-corrected chi connectivity index (χ1v) is 10.8. The molecule has 1 N–H and O–H groups in total. The van der Waals surface area contributed by atoms with Crippen LogP contribution in [0, 0.1) is 0 Å². The summed E-state index contributed by atoms with van der Waals surface area (Å²) < 4.78 is 7.56. The number of nitrogens with one attached hydrogen (secondary N) is 1. The van der Waals surface area contributed by atoms with E-state index in [-0.39, 0.29) is 11.9 Å². The molecule has 2 unspecified atom stereocenters. The first-order valence-electron chi connectivity index (χ1n) is 10.8. The lowest BCUT2D eigenvalue weighted by molar-refractivity contribution is 0.0884. The lowest BCUT2D eigenvalue weighted by Gasteiger charge is -2.36. The highest BCUT2D eigenvalue weighted by molar-refractivity contribution is 6.13. The Labute approximate surface area is 177 Å². The fraction of sp³-hybridized carbons (Fsp3) is 0.400. The topological polar surface area (TPSA) is 46.5 Å². The third-order valence-corrected chi connectivity index (χ3v) is 7.11. The van der Waals surface area contributed by atoms with Gasteiger partial charge < -0.3 is 19.5 Å². The van der Waals surface area contributed by atoms with Gasteiger partial charge in [0, 0.05) is 41.6 Å². The number of carbonyl (C=O) groups is 1. The fourth-order valence-electron chi connectivity index (χ4n) is 5.52. The largest absolute Gasteiger partial charge is 0.497 e. The van der Waals surface area contributed by atoms with E-state index >= 15 is 0 Å². The molecule has 0 aliphatic carbocycles. The Kier molecular flexibility index (Phi) is 4.78. The van der Waals surface area contributed by atoms with Crippen LogP contribution in [0.2, 0.25) is 0 Å². The highest BCUT2D eigenvalue weighted by atomic mass is 16.5. The molecule has 1 amide bonds. The highest BCUT2D eigenvalue weighted by Gasteiger charge is 2.39. The number of nitrogens with zero attached hydrogens (tertiary/aromatic N) is 2. The molecule has 1 aromatic heterocycles. The number of ether oxygens (including phenoxy) is 1. The van der Waals surface area contributed by atoms with Crippen LogP contribution in [0.4, 0.5) is 0 Å². The molecule has 156 valence electrons.